The molecule has 1 aliphatic carbocycles. The van der Waals surface area contributed by atoms with Gasteiger partial charge in [-0.3, -0.25) is 0 Å². The highest BCUT2D eigenvalue weighted by Gasteiger charge is 2.41. The van der Waals surface area contributed by atoms with Gasteiger partial charge in [0.1, 0.15) is 5.69 Å². The molecule has 0 saturated heterocycles. The molecule has 1 aromatic heterocycles. The Morgan fingerprint density at radius 2 is 2.35 bits per heavy atom. The molecule has 1 aliphatic rings. The molecule has 0 aliphatic heterocycles. The van der Waals surface area contributed by atoms with Crippen LogP contribution in [0.3, 0.4) is 0 Å². The van der Waals surface area contributed by atoms with Crippen molar-refractivity contribution in [1.29, 1.82) is 0 Å². The van der Waals surface area contributed by atoms with Gasteiger partial charge in [-0.15, -0.1) is 0 Å². The number of rotatable bonds is 6. The molecule has 0 amide bonds. The summed E-state index contributed by atoms with van der Waals surface area (Å²) in [5, 5.41) is 3.42. The number of nitrogens with one attached hydrogen (secondary N) is 2. The average molecular weight is 254 g/mol. The van der Waals surface area contributed by atoms with E-state index in [0.717, 1.165) is 18.8 Å². The molecule has 1 fully saturated rings. The fraction of sp³-hybridized carbons (Fsp3) is 0.583. The van der Waals surface area contributed by atoms with Gasteiger partial charge in [0, 0.05) is 23.5 Å². The van der Waals surface area contributed by atoms with Crippen molar-refractivity contribution in [2.45, 2.75) is 24.1 Å². The average Bonchev–Trinajstić information content (AvgIpc) is 2.98. The van der Waals surface area contributed by atoms with Crippen LogP contribution < -0.4 is 5.32 Å². The van der Waals surface area contributed by atoms with Crippen LogP contribution in [0.4, 0.5) is 0 Å². The summed E-state index contributed by atoms with van der Waals surface area (Å²) in [6, 6.07) is 3.67. The molecule has 17 heavy (non-hydrogen) atoms. The van der Waals surface area contributed by atoms with E-state index in [0.29, 0.717) is 10.4 Å². The van der Waals surface area contributed by atoms with Gasteiger partial charge in [-0.05, 0) is 31.2 Å². The van der Waals surface area contributed by atoms with Crippen molar-refractivity contribution in [3.05, 3.63) is 23.5 Å². The molecule has 0 atom stereocenters. The molecule has 0 bridgehead atoms. The fourth-order valence-corrected chi connectivity index (χ4v) is 2.55. The largest absolute Gasteiger partial charge is 0.464 e. The van der Waals surface area contributed by atoms with Crippen LogP contribution in [0.1, 0.15) is 29.0 Å². The summed E-state index contributed by atoms with van der Waals surface area (Å²) >= 11 is 1.94. The highest BCUT2D eigenvalue weighted by molar-refractivity contribution is 8.00. The summed E-state index contributed by atoms with van der Waals surface area (Å²) < 4.78 is 5.11. The van der Waals surface area contributed by atoms with Crippen molar-refractivity contribution in [3.63, 3.8) is 0 Å². The Morgan fingerprint density at radius 1 is 1.59 bits per heavy atom. The number of aromatic nitrogens is 1. The van der Waals surface area contributed by atoms with E-state index in [9.17, 15) is 4.79 Å². The highest BCUT2D eigenvalue weighted by Crippen LogP contribution is 2.46. The van der Waals surface area contributed by atoms with Gasteiger partial charge in [0.15, 0.2) is 0 Å². The summed E-state index contributed by atoms with van der Waals surface area (Å²) in [5.41, 5.74) is 1.53. The minimum atomic E-state index is -0.320. The van der Waals surface area contributed by atoms with Crippen LogP contribution in [-0.2, 0) is 11.3 Å². The number of hydrogen-bond acceptors (Lipinski definition) is 4. The molecule has 94 valence electrons. The van der Waals surface area contributed by atoms with Crippen molar-refractivity contribution in [2.24, 2.45) is 0 Å². The van der Waals surface area contributed by atoms with Crippen molar-refractivity contribution < 1.29 is 9.53 Å². The minimum Gasteiger partial charge on any atom is -0.464 e. The van der Waals surface area contributed by atoms with Gasteiger partial charge in [-0.25, -0.2) is 4.79 Å². The van der Waals surface area contributed by atoms with E-state index in [1.165, 1.54) is 20.0 Å². The van der Waals surface area contributed by atoms with E-state index in [4.69, 9.17) is 0 Å². The molecule has 0 spiro atoms. The Labute approximate surface area is 106 Å². The molecule has 1 saturated carbocycles. The third kappa shape index (κ3) is 3.04. The Bertz CT molecular complexity index is 399. The lowest BCUT2D eigenvalue weighted by Crippen LogP contribution is -2.25. The molecule has 2 N–H and O–H groups in total. The molecule has 2 rings (SSSR count). The maximum absolute atomic E-state index is 11.2. The summed E-state index contributed by atoms with van der Waals surface area (Å²) in [6.45, 7) is 1.79. The van der Waals surface area contributed by atoms with Gasteiger partial charge < -0.3 is 15.0 Å². The van der Waals surface area contributed by atoms with Gasteiger partial charge >= 0.3 is 5.97 Å². The molecular formula is C12H18N2O2S. The molecule has 4 nitrogen and oxygen atoms in total. The maximum atomic E-state index is 11.2. The lowest BCUT2D eigenvalue weighted by molar-refractivity contribution is 0.0594. The van der Waals surface area contributed by atoms with Crippen molar-refractivity contribution in [1.82, 2.24) is 10.3 Å². The van der Waals surface area contributed by atoms with Crippen LogP contribution in [-0.4, -0.2) is 35.6 Å². The number of aromatic amines is 1. The Kier molecular flexibility index (Phi) is 3.79. The second kappa shape index (κ2) is 5.14. The highest BCUT2D eigenvalue weighted by atomic mass is 32.2. The second-order valence-electron chi connectivity index (χ2n) is 4.38. The first kappa shape index (κ1) is 12.5. The summed E-state index contributed by atoms with van der Waals surface area (Å²) in [5.74, 6) is -0.320. The van der Waals surface area contributed by atoms with Gasteiger partial charge in [0.25, 0.3) is 0 Å². The SMILES string of the molecule is COC(=O)c1ccc(CNCC2(SC)CC2)[nH]1. The topological polar surface area (TPSA) is 54.1 Å². The molecule has 5 heteroatoms. The number of esters is 1. The molecule has 1 aromatic rings. The maximum Gasteiger partial charge on any atom is 0.354 e. The van der Waals surface area contributed by atoms with Gasteiger partial charge in [-0.1, -0.05) is 0 Å². The standard InChI is InChI=1S/C12H18N2O2S/c1-16-11(15)10-4-3-9(14-10)7-13-8-12(17-2)5-6-12/h3-4,13-14H,5-8H2,1-2H3. The van der Waals surface area contributed by atoms with Crippen LogP contribution >= 0.6 is 11.8 Å². The van der Waals surface area contributed by atoms with Crippen LogP contribution in [0, 0.1) is 0 Å². The molecule has 0 unspecified atom stereocenters. The molecule has 1 heterocycles. The number of carbonyl (C=O) groups is 1. The summed E-state index contributed by atoms with van der Waals surface area (Å²) in [7, 11) is 1.39. The molecular weight excluding hydrogens is 236 g/mol. The van der Waals surface area contributed by atoms with Crippen molar-refractivity contribution >= 4 is 17.7 Å². The van der Waals surface area contributed by atoms with Gasteiger partial charge in [0.05, 0.1) is 7.11 Å². The number of H-pyrrole nitrogens is 1. The monoisotopic (exact) mass is 254 g/mol. The van der Waals surface area contributed by atoms with Gasteiger partial charge in [0.2, 0.25) is 0 Å². The van der Waals surface area contributed by atoms with E-state index in [1.807, 2.05) is 17.8 Å². The van der Waals surface area contributed by atoms with Crippen molar-refractivity contribution in [2.75, 3.05) is 19.9 Å². The van der Waals surface area contributed by atoms with E-state index < -0.39 is 0 Å². The van der Waals surface area contributed by atoms with E-state index in [1.54, 1.807) is 6.07 Å². The van der Waals surface area contributed by atoms with E-state index >= 15 is 0 Å². The predicted octanol–water partition coefficient (Wildman–Crippen LogP) is 1.79. The van der Waals surface area contributed by atoms with Crippen LogP contribution in [0.2, 0.25) is 0 Å². The Morgan fingerprint density at radius 3 is 2.94 bits per heavy atom. The number of thioether (sulfide) groups is 1. The molecule has 0 aromatic carbocycles. The lowest BCUT2D eigenvalue weighted by atomic mass is 10.3. The van der Waals surface area contributed by atoms with Crippen LogP contribution in [0.25, 0.3) is 0 Å². The smallest absolute Gasteiger partial charge is 0.354 e. The first-order chi connectivity index (χ1) is 8.19. The normalized spacial score (nSPS) is 16.8. The van der Waals surface area contributed by atoms with E-state index in [2.05, 4.69) is 21.3 Å². The first-order valence-electron chi connectivity index (χ1n) is 5.71. The zero-order valence-corrected chi connectivity index (χ0v) is 11.0. The summed E-state index contributed by atoms with van der Waals surface area (Å²) in [4.78, 5) is 14.3. The molecule has 0 radical (unpaired) electrons. The Hall–Kier alpha value is -0.940. The van der Waals surface area contributed by atoms with Crippen molar-refractivity contribution in [3.8, 4) is 0 Å². The Balaban J connectivity index is 1.79. The zero-order valence-electron chi connectivity index (χ0n) is 10.2. The fourth-order valence-electron chi connectivity index (χ4n) is 1.79. The number of carbonyl (C=O) groups excluding carboxylic acids is 1. The quantitative estimate of drug-likeness (QED) is 0.760. The van der Waals surface area contributed by atoms with Crippen LogP contribution in [0.5, 0.6) is 0 Å². The van der Waals surface area contributed by atoms with Crippen LogP contribution in [0.15, 0.2) is 12.1 Å². The number of ether oxygens (including phenoxy) is 1. The first-order valence-corrected chi connectivity index (χ1v) is 6.94. The van der Waals surface area contributed by atoms with E-state index in [-0.39, 0.29) is 5.97 Å². The number of methoxy groups -OCH3 is 1. The lowest BCUT2D eigenvalue weighted by Gasteiger charge is -2.12. The number of hydrogen-bond donors (Lipinski definition) is 2. The zero-order chi connectivity index (χ0) is 12.3. The third-order valence-corrected chi connectivity index (χ3v) is 4.57. The second-order valence-corrected chi connectivity index (χ2v) is 5.65. The minimum absolute atomic E-state index is 0.320. The third-order valence-electron chi connectivity index (χ3n) is 3.16. The predicted molar refractivity (Wildman–Crippen MR) is 69.3 cm³/mol. The van der Waals surface area contributed by atoms with Gasteiger partial charge in [-0.2, -0.15) is 11.8 Å². The summed E-state index contributed by atoms with van der Waals surface area (Å²) in [6.07, 6.45) is 4.78.